The van der Waals surface area contributed by atoms with E-state index in [2.05, 4.69) is 5.32 Å². The van der Waals surface area contributed by atoms with Crippen LogP contribution >= 0.6 is 0 Å². The summed E-state index contributed by atoms with van der Waals surface area (Å²) < 4.78 is 25.1. The highest BCUT2D eigenvalue weighted by Gasteiger charge is 2.27. The van der Waals surface area contributed by atoms with E-state index in [1.807, 2.05) is 0 Å². The lowest BCUT2D eigenvalue weighted by Gasteiger charge is -2.30. The quantitative estimate of drug-likeness (QED) is 0.829. The number of hydrogen-bond acceptors (Lipinski definition) is 2. The number of carbonyl (C=O) groups excluding carboxylic acids is 1. The van der Waals surface area contributed by atoms with Crippen molar-refractivity contribution in [2.75, 3.05) is 0 Å². The van der Waals surface area contributed by atoms with E-state index >= 15 is 0 Å². The highest BCUT2D eigenvalue weighted by molar-refractivity contribution is 5.77. The Balaban J connectivity index is 2.26. The normalized spacial score (nSPS) is 24.8. The van der Waals surface area contributed by atoms with Crippen molar-refractivity contribution in [2.45, 2.75) is 31.4 Å². The van der Waals surface area contributed by atoms with Gasteiger partial charge in [0.2, 0.25) is 5.91 Å². The Hall–Kier alpha value is -1.49. The van der Waals surface area contributed by atoms with E-state index in [0.717, 1.165) is 0 Å². The molecule has 3 N–H and O–H groups in total. The van der Waals surface area contributed by atoms with Crippen LogP contribution in [0.5, 0.6) is 0 Å². The summed E-state index contributed by atoms with van der Waals surface area (Å²) in [6, 6.07) is 5.45. The molecule has 2 atom stereocenters. The largest absolute Gasteiger partial charge is 0.348 e. The van der Waals surface area contributed by atoms with Crippen molar-refractivity contribution in [1.82, 2.24) is 5.32 Å². The second-order valence-electron chi connectivity index (χ2n) is 4.22. The molecule has 1 aromatic carbocycles. The fourth-order valence-electron chi connectivity index (χ4n) is 2.04. The fourth-order valence-corrected chi connectivity index (χ4v) is 2.04. The maximum atomic E-state index is 12.6. The van der Waals surface area contributed by atoms with Gasteiger partial charge in [-0.05, 0) is 18.1 Å². The van der Waals surface area contributed by atoms with Crippen molar-refractivity contribution in [1.29, 1.82) is 0 Å². The number of carbonyl (C=O) groups is 1. The Kier molecular flexibility index (Phi) is 3.38. The molecule has 92 valence electrons. The molecule has 0 radical (unpaired) electrons. The van der Waals surface area contributed by atoms with Gasteiger partial charge in [-0.1, -0.05) is 18.2 Å². The third-order valence-electron chi connectivity index (χ3n) is 2.97. The predicted octanol–water partition coefficient (Wildman–Crippen LogP) is 1.90. The smallest absolute Gasteiger partial charge is 0.263 e. The van der Waals surface area contributed by atoms with Gasteiger partial charge in [-0.25, -0.2) is 8.78 Å². The molecule has 0 aromatic heterocycles. The molecule has 0 aliphatic carbocycles. The number of amides is 1. The first-order valence-corrected chi connectivity index (χ1v) is 5.51. The first kappa shape index (κ1) is 12.0. The zero-order valence-corrected chi connectivity index (χ0v) is 9.20. The van der Waals surface area contributed by atoms with E-state index in [1.165, 1.54) is 12.1 Å². The lowest BCUT2D eigenvalue weighted by atomic mass is 9.92. The van der Waals surface area contributed by atoms with Gasteiger partial charge in [-0.2, -0.15) is 0 Å². The van der Waals surface area contributed by atoms with E-state index in [-0.39, 0.29) is 23.6 Å². The second-order valence-corrected chi connectivity index (χ2v) is 4.22. The first-order chi connectivity index (χ1) is 8.08. The summed E-state index contributed by atoms with van der Waals surface area (Å²) in [5, 5.41) is 2.74. The molecule has 2 rings (SSSR count). The molecule has 1 aromatic rings. The molecule has 2 unspecified atom stereocenters. The zero-order valence-electron chi connectivity index (χ0n) is 9.20. The number of hydrogen-bond donors (Lipinski definition) is 2. The lowest BCUT2D eigenvalue weighted by molar-refractivity contribution is -0.123. The molecule has 1 saturated heterocycles. The molecule has 5 heteroatoms. The van der Waals surface area contributed by atoms with Crippen LogP contribution in [0.15, 0.2) is 24.3 Å². The summed E-state index contributed by atoms with van der Waals surface area (Å²) in [5.41, 5.74) is 6.49. The molecule has 1 aliphatic heterocycles. The van der Waals surface area contributed by atoms with E-state index in [9.17, 15) is 13.6 Å². The van der Waals surface area contributed by atoms with Crippen molar-refractivity contribution in [3.63, 3.8) is 0 Å². The van der Waals surface area contributed by atoms with Crippen molar-refractivity contribution < 1.29 is 13.6 Å². The van der Waals surface area contributed by atoms with Gasteiger partial charge in [-0.3, -0.25) is 4.79 Å². The molecule has 0 spiro atoms. The maximum Gasteiger partial charge on any atom is 0.263 e. The Morgan fingerprint density at radius 2 is 2.18 bits per heavy atom. The second kappa shape index (κ2) is 4.79. The predicted molar refractivity (Wildman–Crippen MR) is 59.5 cm³/mol. The average molecular weight is 240 g/mol. The van der Waals surface area contributed by atoms with Gasteiger partial charge in [0.05, 0.1) is 6.04 Å². The minimum Gasteiger partial charge on any atom is -0.348 e. The van der Waals surface area contributed by atoms with Crippen molar-refractivity contribution in [3.8, 4) is 0 Å². The van der Waals surface area contributed by atoms with Crippen LogP contribution in [-0.4, -0.2) is 11.9 Å². The van der Waals surface area contributed by atoms with Crippen LogP contribution in [0.2, 0.25) is 0 Å². The lowest BCUT2D eigenvalue weighted by Crippen LogP contribution is -2.45. The highest BCUT2D eigenvalue weighted by atomic mass is 19.3. The first-order valence-electron chi connectivity index (χ1n) is 5.51. The summed E-state index contributed by atoms with van der Waals surface area (Å²) in [4.78, 5) is 11.3. The third kappa shape index (κ3) is 2.61. The van der Waals surface area contributed by atoms with Gasteiger partial charge >= 0.3 is 0 Å². The Labute approximate surface area is 98.0 Å². The van der Waals surface area contributed by atoms with E-state index < -0.39 is 6.43 Å². The van der Waals surface area contributed by atoms with Gasteiger partial charge in [0.1, 0.15) is 0 Å². The number of nitrogens with two attached hydrogens (primary N) is 1. The molecule has 0 saturated carbocycles. The maximum absolute atomic E-state index is 12.6. The molecule has 1 aliphatic rings. The van der Waals surface area contributed by atoms with Crippen LogP contribution in [0.25, 0.3) is 0 Å². The van der Waals surface area contributed by atoms with Gasteiger partial charge in [0.25, 0.3) is 6.43 Å². The number of halogens is 2. The number of alkyl halides is 2. The molecule has 1 heterocycles. The average Bonchev–Trinajstić information content (AvgIpc) is 2.32. The minimum absolute atomic E-state index is 0.0467. The van der Waals surface area contributed by atoms with Crippen LogP contribution in [0, 0.1) is 0 Å². The summed E-state index contributed by atoms with van der Waals surface area (Å²) in [6.07, 6.45) is -1.54. The Morgan fingerprint density at radius 1 is 1.41 bits per heavy atom. The molecular formula is C12H14F2N2O. The number of piperidine rings is 1. The summed E-state index contributed by atoms with van der Waals surface area (Å²) in [7, 11) is 0. The summed E-state index contributed by atoms with van der Waals surface area (Å²) in [6.45, 7) is 0. The number of benzene rings is 1. The van der Waals surface area contributed by atoms with Gasteiger partial charge in [-0.15, -0.1) is 0 Å². The standard InChI is InChI=1S/C12H14F2N2O/c13-12(14)8-3-1-2-7(6-8)11-9(15)4-5-10(17)16-11/h1-3,6,9,11-12H,4-5,15H2,(H,16,17). The van der Waals surface area contributed by atoms with Crippen LogP contribution in [0.4, 0.5) is 8.78 Å². The molecule has 3 nitrogen and oxygen atoms in total. The molecule has 1 fully saturated rings. The van der Waals surface area contributed by atoms with Gasteiger partial charge < -0.3 is 11.1 Å². The van der Waals surface area contributed by atoms with Crippen LogP contribution in [0.3, 0.4) is 0 Å². The van der Waals surface area contributed by atoms with Crippen molar-refractivity contribution >= 4 is 5.91 Å². The molecular weight excluding hydrogens is 226 g/mol. The minimum atomic E-state index is -2.51. The molecule has 17 heavy (non-hydrogen) atoms. The van der Waals surface area contributed by atoms with Crippen molar-refractivity contribution in [3.05, 3.63) is 35.4 Å². The van der Waals surface area contributed by atoms with Crippen LogP contribution < -0.4 is 11.1 Å². The molecule has 0 bridgehead atoms. The van der Waals surface area contributed by atoms with E-state index in [0.29, 0.717) is 18.4 Å². The Bertz CT molecular complexity index is 423. The van der Waals surface area contributed by atoms with Crippen LogP contribution in [-0.2, 0) is 4.79 Å². The van der Waals surface area contributed by atoms with Gasteiger partial charge in [0.15, 0.2) is 0 Å². The number of rotatable bonds is 2. The molecule has 1 amide bonds. The topological polar surface area (TPSA) is 55.1 Å². The van der Waals surface area contributed by atoms with Crippen LogP contribution in [0.1, 0.15) is 36.4 Å². The zero-order chi connectivity index (χ0) is 12.4. The van der Waals surface area contributed by atoms with E-state index in [4.69, 9.17) is 5.73 Å². The summed E-state index contributed by atoms with van der Waals surface area (Å²) >= 11 is 0. The fraction of sp³-hybridized carbons (Fsp3) is 0.417. The van der Waals surface area contributed by atoms with E-state index in [1.54, 1.807) is 12.1 Å². The third-order valence-corrected chi connectivity index (χ3v) is 2.97. The summed E-state index contributed by atoms with van der Waals surface area (Å²) in [5.74, 6) is -0.0841. The Morgan fingerprint density at radius 3 is 2.88 bits per heavy atom. The highest BCUT2D eigenvalue weighted by Crippen LogP contribution is 2.26. The number of nitrogens with one attached hydrogen (secondary N) is 1. The van der Waals surface area contributed by atoms with Gasteiger partial charge in [0, 0.05) is 18.0 Å². The van der Waals surface area contributed by atoms with Crippen molar-refractivity contribution in [2.24, 2.45) is 5.73 Å². The monoisotopic (exact) mass is 240 g/mol. The SMILES string of the molecule is NC1CCC(=O)NC1c1cccc(C(F)F)c1.